The van der Waals surface area contributed by atoms with E-state index in [1.807, 2.05) is 60.7 Å². The average molecular weight is 358 g/mol. The molecule has 0 saturated heterocycles. The summed E-state index contributed by atoms with van der Waals surface area (Å²) >= 11 is 0. The van der Waals surface area contributed by atoms with Crippen molar-refractivity contribution in [1.82, 2.24) is 5.06 Å². The van der Waals surface area contributed by atoms with Gasteiger partial charge in [-0.1, -0.05) is 72.5 Å². The Bertz CT molecular complexity index is 963. The Morgan fingerprint density at radius 1 is 0.963 bits per heavy atom. The molecule has 1 unspecified atom stereocenters. The highest BCUT2D eigenvalue weighted by Crippen LogP contribution is 2.24. The Morgan fingerprint density at radius 2 is 1.63 bits per heavy atom. The van der Waals surface area contributed by atoms with Gasteiger partial charge in [0.15, 0.2) is 0 Å². The lowest BCUT2D eigenvalue weighted by Crippen LogP contribution is -2.24. The molecule has 3 aromatic rings. The number of nitrogens with zero attached hydrogens (tertiary/aromatic N) is 2. The minimum atomic E-state index is -0.703. The van der Waals surface area contributed by atoms with Crippen LogP contribution in [0, 0.1) is 22.0 Å². The lowest BCUT2D eigenvalue weighted by molar-refractivity contribution is -0.385. The van der Waals surface area contributed by atoms with Gasteiger partial charge in [0.05, 0.1) is 11.5 Å². The maximum absolute atomic E-state index is 11.1. The zero-order valence-corrected chi connectivity index (χ0v) is 14.5. The Kier molecular flexibility index (Phi) is 5.95. The first-order chi connectivity index (χ1) is 13.1. The normalized spacial score (nSPS) is 11.5. The van der Waals surface area contributed by atoms with Crippen LogP contribution in [0.15, 0.2) is 84.9 Å². The fraction of sp³-hybridized carbons (Fsp3) is 0.0909. The maximum Gasteiger partial charge on any atom is 0.269 e. The second kappa shape index (κ2) is 8.77. The molecular formula is C22H18N2O3. The van der Waals surface area contributed by atoms with Crippen LogP contribution in [0.1, 0.15) is 22.7 Å². The van der Waals surface area contributed by atoms with Gasteiger partial charge in [0, 0.05) is 17.7 Å². The first-order valence-electron chi connectivity index (χ1n) is 8.44. The van der Waals surface area contributed by atoms with Crippen LogP contribution in [-0.2, 0) is 6.54 Å². The smallest absolute Gasteiger partial charge is 0.269 e. The van der Waals surface area contributed by atoms with Crippen LogP contribution in [0.3, 0.4) is 0 Å². The predicted octanol–water partition coefficient (Wildman–Crippen LogP) is 4.58. The molecule has 1 N–H and O–H groups in total. The highest BCUT2D eigenvalue weighted by Gasteiger charge is 2.19. The highest BCUT2D eigenvalue weighted by atomic mass is 16.6. The zero-order chi connectivity index (χ0) is 19.1. The van der Waals surface area contributed by atoms with Crippen LogP contribution >= 0.6 is 0 Å². The van der Waals surface area contributed by atoms with Crippen molar-refractivity contribution in [1.29, 1.82) is 0 Å². The number of hydrogen-bond acceptors (Lipinski definition) is 4. The number of nitro groups is 1. The van der Waals surface area contributed by atoms with Crippen molar-refractivity contribution in [3.8, 4) is 11.8 Å². The van der Waals surface area contributed by atoms with Crippen LogP contribution in [0.5, 0.6) is 0 Å². The monoisotopic (exact) mass is 358 g/mol. The third kappa shape index (κ3) is 5.02. The van der Waals surface area contributed by atoms with Gasteiger partial charge in [0.1, 0.15) is 6.04 Å². The lowest BCUT2D eigenvalue weighted by atomic mass is 10.0. The Morgan fingerprint density at radius 3 is 2.30 bits per heavy atom. The number of rotatable bonds is 5. The Balaban J connectivity index is 1.94. The van der Waals surface area contributed by atoms with Crippen molar-refractivity contribution in [3.63, 3.8) is 0 Å². The van der Waals surface area contributed by atoms with Crippen LogP contribution in [0.25, 0.3) is 0 Å². The highest BCUT2D eigenvalue weighted by molar-refractivity contribution is 5.41. The molecule has 0 spiro atoms. The van der Waals surface area contributed by atoms with E-state index in [0.29, 0.717) is 5.56 Å². The summed E-state index contributed by atoms with van der Waals surface area (Å²) in [6.45, 7) is 0.248. The molecule has 134 valence electrons. The number of non-ortho nitro benzene ring substituents is 1. The largest absolute Gasteiger partial charge is 0.312 e. The summed E-state index contributed by atoms with van der Waals surface area (Å²) < 4.78 is 0. The molecule has 0 radical (unpaired) electrons. The van der Waals surface area contributed by atoms with Crippen LogP contribution in [-0.4, -0.2) is 15.2 Å². The van der Waals surface area contributed by atoms with Crippen molar-refractivity contribution in [3.05, 3.63) is 112 Å². The second-order valence-electron chi connectivity index (χ2n) is 5.97. The van der Waals surface area contributed by atoms with Gasteiger partial charge in [0.25, 0.3) is 5.69 Å². The molecule has 0 fully saturated rings. The molecule has 5 heteroatoms. The fourth-order valence-corrected chi connectivity index (χ4v) is 2.67. The number of hydrogen-bond donors (Lipinski definition) is 1. The van der Waals surface area contributed by atoms with Gasteiger partial charge in [-0.05, 0) is 23.3 Å². The quantitative estimate of drug-likeness (QED) is 0.412. The molecule has 5 nitrogen and oxygen atoms in total. The summed E-state index contributed by atoms with van der Waals surface area (Å²) in [5, 5.41) is 22.9. The first-order valence-corrected chi connectivity index (χ1v) is 8.44. The van der Waals surface area contributed by atoms with Gasteiger partial charge in [-0.3, -0.25) is 10.1 Å². The molecule has 0 amide bonds. The number of hydroxylamine groups is 2. The van der Waals surface area contributed by atoms with Gasteiger partial charge < -0.3 is 5.21 Å². The Labute approximate surface area is 157 Å². The summed E-state index contributed by atoms with van der Waals surface area (Å²) in [7, 11) is 0. The minimum Gasteiger partial charge on any atom is -0.312 e. The molecule has 3 aromatic carbocycles. The van der Waals surface area contributed by atoms with E-state index in [1.165, 1.54) is 12.1 Å². The van der Waals surface area contributed by atoms with Gasteiger partial charge in [-0.25, -0.2) is 0 Å². The molecule has 0 aliphatic carbocycles. The Hall–Kier alpha value is -3.46. The van der Waals surface area contributed by atoms with E-state index in [1.54, 1.807) is 12.1 Å². The van der Waals surface area contributed by atoms with Gasteiger partial charge in [-0.15, -0.1) is 0 Å². The third-order valence-corrected chi connectivity index (χ3v) is 4.01. The predicted molar refractivity (Wildman–Crippen MR) is 103 cm³/mol. The molecule has 0 aliphatic heterocycles. The van der Waals surface area contributed by atoms with Crippen molar-refractivity contribution in [2.75, 3.05) is 0 Å². The minimum absolute atomic E-state index is 0.0351. The molecule has 0 saturated carbocycles. The van der Waals surface area contributed by atoms with E-state index in [0.717, 1.165) is 16.2 Å². The summed E-state index contributed by atoms with van der Waals surface area (Å²) in [6, 6.07) is 24.4. The molecule has 0 aliphatic rings. The van der Waals surface area contributed by atoms with E-state index in [9.17, 15) is 15.3 Å². The molecule has 27 heavy (non-hydrogen) atoms. The second-order valence-corrected chi connectivity index (χ2v) is 5.97. The van der Waals surface area contributed by atoms with E-state index in [-0.39, 0.29) is 12.2 Å². The molecule has 0 aromatic heterocycles. The van der Waals surface area contributed by atoms with Gasteiger partial charge in [-0.2, -0.15) is 5.06 Å². The van der Waals surface area contributed by atoms with Crippen LogP contribution < -0.4 is 0 Å². The van der Waals surface area contributed by atoms with E-state index in [2.05, 4.69) is 11.8 Å². The van der Waals surface area contributed by atoms with E-state index < -0.39 is 11.0 Å². The number of nitro benzene ring substituents is 1. The van der Waals surface area contributed by atoms with Gasteiger partial charge in [0.2, 0.25) is 0 Å². The zero-order valence-electron chi connectivity index (χ0n) is 14.5. The van der Waals surface area contributed by atoms with Crippen molar-refractivity contribution < 1.29 is 10.1 Å². The van der Waals surface area contributed by atoms with E-state index in [4.69, 9.17) is 0 Å². The summed E-state index contributed by atoms with van der Waals surface area (Å²) in [6.07, 6.45) is 0. The summed E-state index contributed by atoms with van der Waals surface area (Å²) in [4.78, 5) is 10.7. The first kappa shape index (κ1) is 18.3. The topological polar surface area (TPSA) is 66.6 Å². The van der Waals surface area contributed by atoms with E-state index >= 15 is 0 Å². The van der Waals surface area contributed by atoms with Crippen LogP contribution in [0.2, 0.25) is 0 Å². The molecular weight excluding hydrogens is 340 g/mol. The van der Waals surface area contributed by atoms with Gasteiger partial charge >= 0.3 is 0 Å². The van der Waals surface area contributed by atoms with Crippen LogP contribution in [0.4, 0.5) is 5.69 Å². The standard InChI is InChI=1S/C22H18N2O3/c25-23(17-19-10-5-2-6-11-19)22(15-14-18-8-3-1-4-9-18)20-12-7-13-21(16-20)24(26)27/h1-13,16,22,25H,17H2. The molecule has 1 atom stereocenters. The van der Waals surface area contributed by atoms with Crippen molar-refractivity contribution in [2.45, 2.75) is 12.6 Å². The average Bonchev–Trinajstić information content (AvgIpc) is 2.70. The van der Waals surface area contributed by atoms with Crippen molar-refractivity contribution >= 4 is 5.69 Å². The summed E-state index contributed by atoms with van der Waals surface area (Å²) in [5.41, 5.74) is 2.25. The molecule has 0 bridgehead atoms. The SMILES string of the molecule is O=[N+]([O-])c1cccc(C(C#Cc2ccccc2)N(O)Cc2ccccc2)c1. The molecule has 3 rings (SSSR count). The maximum atomic E-state index is 11.1. The molecule has 0 heterocycles. The third-order valence-electron chi connectivity index (χ3n) is 4.01. The summed E-state index contributed by atoms with van der Waals surface area (Å²) in [5.74, 6) is 6.08. The number of benzene rings is 3. The lowest BCUT2D eigenvalue weighted by Gasteiger charge is -2.22. The van der Waals surface area contributed by atoms with Crippen molar-refractivity contribution in [2.24, 2.45) is 0 Å². The fourth-order valence-electron chi connectivity index (χ4n) is 2.67.